The first-order chi connectivity index (χ1) is 7.54. The zero-order valence-corrected chi connectivity index (χ0v) is 9.97. The van der Waals surface area contributed by atoms with E-state index in [-0.39, 0.29) is 18.2 Å². The Balaban J connectivity index is 2.70. The van der Waals surface area contributed by atoms with Gasteiger partial charge in [-0.2, -0.15) is 0 Å². The van der Waals surface area contributed by atoms with Gasteiger partial charge in [0.1, 0.15) is 5.82 Å². The van der Waals surface area contributed by atoms with E-state index in [1.807, 2.05) is 19.9 Å². The highest BCUT2D eigenvalue weighted by molar-refractivity contribution is 5.69. The molecule has 0 unspecified atom stereocenters. The van der Waals surface area contributed by atoms with Gasteiger partial charge in [0.15, 0.2) is 0 Å². The molecule has 1 rings (SSSR count). The molecule has 0 amide bonds. The molecular weight excluding hydrogens is 207 g/mol. The molecule has 3 heteroatoms. The lowest BCUT2D eigenvalue weighted by Gasteiger charge is -2.08. The molecule has 0 fully saturated rings. The fraction of sp³-hybridized carbons (Fsp3) is 0.462. The molecule has 0 saturated heterocycles. The van der Waals surface area contributed by atoms with Crippen molar-refractivity contribution in [1.29, 1.82) is 0 Å². The monoisotopic (exact) mass is 224 g/mol. The third-order valence-corrected chi connectivity index (χ3v) is 2.45. The first kappa shape index (κ1) is 12.7. The molecule has 0 atom stereocenters. The molecule has 0 aliphatic carbocycles. The van der Waals surface area contributed by atoms with Crippen LogP contribution in [-0.2, 0) is 16.0 Å². The van der Waals surface area contributed by atoms with Gasteiger partial charge in [-0.05, 0) is 49.9 Å². The number of hydrogen-bond acceptors (Lipinski definition) is 2. The summed E-state index contributed by atoms with van der Waals surface area (Å²) in [5, 5.41) is 0. The van der Waals surface area contributed by atoms with E-state index in [4.69, 9.17) is 4.74 Å². The minimum atomic E-state index is -0.276. The fourth-order valence-corrected chi connectivity index (χ4v) is 1.72. The fourth-order valence-electron chi connectivity index (χ4n) is 1.72. The highest BCUT2D eigenvalue weighted by Crippen LogP contribution is 2.17. The normalized spacial score (nSPS) is 10.2. The van der Waals surface area contributed by atoms with Crippen LogP contribution in [0.2, 0.25) is 0 Å². The van der Waals surface area contributed by atoms with Gasteiger partial charge in [-0.15, -0.1) is 0 Å². The first-order valence-electron chi connectivity index (χ1n) is 5.45. The lowest BCUT2D eigenvalue weighted by Crippen LogP contribution is -2.07. The van der Waals surface area contributed by atoms with Crippen LogP contribution in [0.15, 0.2) is 12.1 Å². The molecule has 0 aliphatic rings. The van der Waals surface area contributed by atoms with Crippen LogP contribution in [0.5, 0.6) is 0 Å². The Labute approximate surface area is 95.4 Å². The lowest BCUT2D eigenvalue weighted by atomic mass is 10.0. The summed E-state index contributed by atoms with van der Waals surface area (Å²) in [7, 11) is 0. The second-order valence-corrected chi connectivity index (χ2v) is 3.85. The summed E-state index contributed by atoms with van der Waals surface area (Å²) in [6.45, 7) is 5.84. The molecule has 0 radical (unpaired) electrons. The number of benzene rings is 1. The van der Waals surface area contributed by atoms with Crippen LogP contribution in [0.4, 0.5) is 4.39 Å². The predicted octanol–water partition coefficient (Wildman–Crippen LogP) is 2.94. The van der Waals surface area contributed by atoms with Crippen molar-refractivity contribution in [1.82, 2.24) is 0 Å². The summed E-state index contributed by atoms with van der Waals surface area (Å²) in [5.41, 5.74) is 2.40. The summed E-state index contributed by atoms with van der Waals surface area (Å²) in [6, 6.07) is 3.41. The van der Waals surface area contributed by atoms with Crippen LogP contribution < -0.4 is 0 Å². The van der Waals surface area contributed by atoms with Crippen LogP contribution in [-0.4, -0.2) is 12.6 Å². The van der Waals surface area contributed by atoms with E-state index in [1.165, 1.54) is 6.07 Å². The standard InChI is InChI=1S/C13H17FO2/c1-4-16-13(15)6-5-11-10(3)7-9(2)8-12(11)14/h7-8H,4-6H2,1-3H3. The Hall–Kier alpha value is -1.38. The maximum absolute atomic E-state index is 13.6. The third-order valence-electron chi connectivity index (χ3n) is 2.45. The van der Waals surface area contributed by atoms with Gasteiger partial charge in [0.2, 0.25) is 0 Å². The van der Waals surface area contributed by atoms with Crippen molar-refractivity contribution in [2.45, 2.75) is 33.6 Å². The van der Waals surface area contributed by atoms with Gasteiger partial charge < -0.3 is 4.74 Å². The maximum atomic E-state index is 13.6. The van der Waals surface area contributed by atoms with E-state index in [9.17, 15) is 9.18 Å². The van der Waals surface area contributed by atoms with Crippen molar-refractivity contribution in [2.75, 3.05) is 6.61 Å². The van der Waals surface area contributed by atoms with Gasteiger partial charge in [-0.1, -0.05) is 6.07 Å². The molecule has 1 aromatic rings. The SMILES string of the molecule is CCOC(=O)CCc1c(C)cc(C)cc1F. The number of esters is 1. The molecule has 0 bridgehead atoms. The molecule has 0 heterocycles. The van der Waals surface area contributed by atoms with Crippen LogP contribution in [0, 0.1) is 19.7 Å². The molecule has 0 spiro atoms. The molecule has 0 aromatic heterocycles. The number of ether oxygens (including phenoxy) is 1. The second-order valence-electron chi connectivity index (χ2n) is 3.85. The van der Waals surface area contributed by atoms with Crippen LogP contribution in [0.25, 0.3) is 0 Å². The van der Waals surface area contributed by atoms with Crippen molar-refractivity contribution in [2.24, 2.45) is 0 Å². The summed E-state index contributed by atoms with van der Waals surface area (Å²) in [4.78, 5) is 11.2. The van der Waals surface area contributed by atoms with E-state index in [1.54, 1.807) is 6.92 Å². The molecule has 88 valence electrons. The van der Waals surface area contributed by atoms with Gasteiger partial charge in [-0.3, -0.25) is 4.79 Å². The topological polar surface area (TPSA) is 26.3 Å². The highest BCUT2D eigenvalue weighted by atomic mass is 19.1. The summed E-state index contributed by atoms with van der Waals surface area (Å²) < 4.78 is 18.4. The van der Waals surface area contributed by atoms with Gasteiger partial charge in [0.25, 0.3) is 0 Å². The number of rotatable bonds is 4. The van der Waals surface area contributed by atoms with Crippen molar-refractivity contribution >= 4 is 5.97 Å². The van der Waals surface area contributed by atoms with Crippen LogP contribution in [0.3, 0.4) is 0 Å². The molecule has 0 N–H and O–H groups in total. The van der Waals surface area contributed by atoms with E-state index >= 15 is 0 Å². The van der Waals surface area contributed by atoms with E-state index in [0.29, 0.717) is 18.6 Å². The van der Waals surface area contributed by atoms with Crippen molar-refractivity contribution in [3.8, 4) is 0 Å². The third kappa shape index (κ3) is 3.33. The number of aryl methyl sites for hydroxylation is 2. The summed E-state index contributed by atoms with van der Waals surface area (Å²) in [5.74, 6) is -0.510. The zero-order valence-electron chi connectivity index (χ0n) is 9.97. The number of carbonyl (C=O) groups excluding carboxylic acids is 1. The predicted molar refractivity (Wildman–Crippen MR) is 60.8 cm³/mol. The lowest BCUT2D eigenvalue weighted by molar-refractivity contribution is -0.143. The Kier molecular flexibility index (Phi) is 4.47. The Morgan fingerprint density at radius 1 is 1.38 bits per heavy atom. The summed E-state index contributed by atoms with van der Waals surface area (Å²) in [6.07, 6.45) is 0.630. The largest absolute Gasteiger partial charge is 0.466 e. The quantitative estimate of drug-likeness (QED) is 0.735. The number of carbonyl (C=O) groups is 1. The van der Waals surface area contributed by atoms with Gasteiger partial charge >= 0.3 is 5.97 Å². The molecule has 16 heavy (non-hydrogen) atoms. The average molecular weight is 224 g/mol. The number of halogens is 1. The van der Waals surface area contributed by atoms with Crippen molar-refractivity contribution in [3.63, 3.8) is 0 Å². The molecule has 0 aliphatic heterocycles. The molecule has 1 aromatic carbocycles. The molecular formula is C13H17FO2. The van der Waals surface area contributed by atoms with E-state index < -0.39 is 0 Å². The average Bonchev–Trinajstić information content (AvgIpc) is 2.16. The Morgan fingerprint density at radius 2 is 2.06 bits per heavy atom. The van der Waals surface area contributed by atoms with E-state index in [0.717, 1.165) is 11.1 Å². The van der Waals surface area contributed by atoms with Crippen molar-refractivity contribution < 1.29 is 13.9 Å². The molecule has 0 saturated carbocycles. The van der Waals surface area contributed by atoms with Crippen LogP contribution in [0.1, 0.15) is 30.0 Å². The van der Waals surface area contributed by atoms with Gasteiger partial charge in [0.05, 0.1) is 6.61 Å². The molecule has 2 nitrogen and oxygen atoms in total. The Bertz CT molecular complexity index is 363. The van der Waals surface area contributed by atoms with Crippen molar-refractivity contribution in [3.05, 3.63) is 34.6 Å². The highest BCUT2D eigenvalue weighted by Gasteiger charge is 2.09. The first-order valence-corrected chi connectivity index (χ1v) is 5.45. The second kappa shape index (κ2) is 5.64. The van der Waals surface area contributed by atoms with Gasteiger partial charge in [0, 0.05) is 6.42 Å². The zero-order chi connectivity index (χ0) is 12.1. The minimum absolute atomic E-state index is 0.231. The smallest absolute Gasteiger partial charge is 0.306 e. The Morgan fingerprint density at radius 3 is 2.62 bits per heavy atom. The minimum Gasteiger partial charge on any atom is -0.466 e. The van der Waals surface area contributed by atoms with E-state index in [2.05, 4.69) is 0 Å². The van der Waals surface area contributed by atoms with Crippen LogP contribution >= 0.6 is 0 Å². The maximum Gasteiger partial charge on any atom is 0.306 e. The number of hydrogen-bond donors (Lipinski definition) is 0. The van der Waals surface area contributed by atoms with Gasteiger partial charge in [-0.25, -0.2) is 4.39 Å². The summed E-state index contributed by atoms with van der Waals surface area (Å²) >= 11 is 0.